The maximum atomic E-state index is 13.3. The van der Waals surface area contributed by atoms with Crippen LogP contribution in [-0.4, -0.2) is 9.97 Å². The molecule has 0 saturated carbocycles. The van der Waals surface area contributed by atoms with Crippen molar-refractivity contribution in [3.63, 3.8) is 0 Å². The maximum absolute atomic E-state index is 13.3. The fourth-order valence-electron chi connectivity index (χ4n) is 1.90. The molecule has 0 aliphatic heterocycles. The molecule has 0 saturated heterocycles. The van der Waals surface area contributed by atoms with Gasteiger partial charge in [0.05, 0.1) is 5.69 Å². The van der Waals surface area contributed by atoms with Gasteiger partial charge in [-0.1, -0.05) is 13.0 Å². The average molecular weight is 246 g/mol. The highest BCUT2D eigenvalue weighted by Gasteiger charge is 2.10. The zero-order valence-corrected chi connectivity index (χ0v) is 10.7. The highest BCUT2D eigenvalue weighted by molar-refractivity contribution is 5.60. The first-order valence-electron chi connectivity index (χ1n) is 5.89. The van der Waals surface area contributed by atoms with Gasteiger partial charge in [-0.2, -0.15) is 0 Å². The molecule has 0 radical (unpaired) electrons. The normalized spacial score (nSPS) is 10.7. The summed E-state index contributed by atoms with van der Waals surface area (Å²) >= 11 is 0. The van der Waals surface area contributed by atoms with Crippen molar-refractivity contribution in [2.75, 3.05) is 0 Å². The molecule has 0 fully saturated rings. The Morgan fingerprint density at radius 2 is 2.06 bits per heavy atom. The van der Waals surface area contributed by atoms with Crippen LogP contribution < -0.4 is 5.56 Å². The van der Waals surface area contributed by atoms with Gasteiger partial charge in [-0.25, -0.2) is 9.37 Å². The number of benzene rings is 1. The fourth-order valence-corrected chi connectivity index (χ4v) is 1.90. The smallest absolute Gasteiger partial charge is 0.254 e. The lowest BCUT2D eigenvalue weighted by atomic mass is 10.1. The molecular weight excluding hydrogens is 231 g/mol. The van der Waals surface area contributed by atoms with Crippen LogP contribution in [0.2, 0.25) is 0 Å². The standard InChI is InChI=1S/C14H15FN2O/c1-4-12-9(3)14(18)17-13(16-12)11-7-10(15)6-5-8(11)2/h5-7H,4H2,1-3H3,(H,16,17,18). The molecule has 2 aromatic rings. The number of aromatic nitrogens is 2. The minimum absolute atomic E-state index is 0.166. The van der Waals surface area contributed by atoms with E-state index in [2.05, 4.69) is 9.97 Å². The van der Waals surface area contributed by atoms with Crippen molar-refractivity contribution in [1.29, 1.82) is 0 Å². The molecule has 1 aromatic carbocycles. The molecule has 4 heteroatoms. The summed E-state index contributed by atoms with van der Waals surface area (Å²) in [6.45, 7) is 5.55. The molecule has 1 aromatic heterocycles. The highest BCUT2D eigenvalue weighted by atomic mass is 19.1. The van der Waals surface area contributed by atoms with Gasteiger partial charge in [-0.15, -0.1) is 0 Å². The van der Waals surface area contributed by atoms with Crippen LogP contribution in [0.5, 0.6) is 0 Å². The minimum Gasteiger partial charge on any atom is -0.306 e. The molecule has 0 amide bonds. The van der Waals surface area contributed by atoms with Crippen LogP contribution in [0.4, 0.5) is 4.39 Å². The molecule has 2 rings (SSSR count). The van der Waals surface area contributed by atoms with Crippen LogP contribution in [0.1, 0.15) is 23.7 Å². The Kier molecular flexibility index (Phi) is 3.28. The Morgan fingerprint density at radius 3 is 2.72 bits per heavy atom. The molecular formula is C14H15FN2O. The molecule has 1 N–H and O–H groups in total. The summed E-state index contributed by atoms with van der Waals surface area (Å²) in [6, 6.07) is 4.46. The molecule has 94 valence electrons. The zero-order chi connectivity index (χ0) is 13.3. The molecule has 18 heavy (non-hydrogen) atoms. The predicted molar refractivity (Wildman–Crippen MR) is 69.1 cm³/mol. The van der Waals surface area contributed by atoms with E-state index in [1.165, 1.54) is 12.1 Å². The number of aromatic amines is 1. The van der Waals surface area contributed by atoms with Crippen molar-refractivity contribution in [2.45, 2.75) is 27.2 Å². The molecule has 0 aliphatic carbocycles. The Labute approximate surface area is 105 Å². The molecule has 0 spiro atoms. The molecule has 0 aliphatic rings. The Balaban J connectivity index is 2.68. The van der Waals surface area contributed by atoms with E-state index in [4.69, 9.17) is 0 Å². The molecule has 0 atom stereocenters. The average Bonchev–Trinajstić information content (AvgIpc) is 2.35. The molecule has 0 unspecified atom stereocenters. The van der Waals surface area contributed by atoms with E-state index >= 15 is 0 Å². The second-order valence-corrected chi connectivity index (χ2v) is 4.30. The lowest BCUT2D eigenvalue weighted by Gasteiger charge is -2.08. The summed E-state index contributed by atoms with van der Waals surface area (Å²) in [5, 5.41) is 0. The highest BCUT2D eigenvalue weighted by Crippen LogP contribution is 2.20. The van der Waals surface area contributed by atoms with Crippen molar-refractivity contribution in [2.24, 2.45) is 0 Å². The van der Waals surface area contributed by atoms with Gasteiger partial charge >= 0.3 is 0 Å². The molecule has 3 nitrogen and oxygen atoms in total. The lowest BCUT2D eigenvalue weighted by molar-refractivity contribution is 0.627. The van der Waals surface area contributed by atoms with Crippen molar-refractivity contribution in [1.82, 2.24) is 9.97 Å². The number of nitrogens with one attached hydrogen (secondary N) is 1. The van der Waals surface area contributed by atoms with Crippen LogP contribution >= 0.6 is 0 Å². The maximum Gasteiger partial charge on any atom is 0.254 e. The van der Waals surface area contributed by atoms with E-state index < -0.39 is 0 Å². The number of H-pyrrole nitrogens is 1. The lowest BCUT2D eigenvalue weighted by Crippen LogP contribution is -2.16. The number of hydrogen-bond acceptors (Lipinski definition) is 2. The predicted octanol–water partition coefficient (Wildman–Crippen LogP) is 2.76. The quantitative estimate of drug-likeness (QED) is 0.885. The van der Waals surface area contributed by atoms with Gasteiger partial charge in [0.15, 0.2) is 0 Å². The van der Waals surface area contributed by atoms with E-state index in [0.717, 1.165) is 11.3 Å². The van der Waals surface area contributed by atoms with E-state index in [9.17, 15) is 9.18 Å². The second-order valence-electron chi connectivity index (χ2n) is 4.30. The fraction of sp³-hybridized carbons (Fsp3) is 0.286. The summed E-state index contributed by atoms with van der Waals surface area (Å²) < 4.78 is 13.3. The van der Waals surface area contributed by atoms with Crippen molar-refractivity contribution < 1.29 is 4.39 Å². The van der Waals surface area contributed by atoms with Crippen LogP contribution in [0.3, 0.4) is 0 Å². The third-order valence-electron chi connectivity index (χ3n) is 3.04. The largest absolute Gasteiger partial charge is 0.306 e. The van der Waals surface area contributed by atoms with Crippen LogP contribution in [0, 0.1) is 19.7 Å². The van der Waals surface area contributed by atoms with Crippen molar-refractivity contribution >= 4 is 0 Å². The third kappa shape index (κ3) is 2.18. The van der Waals surface area contributed by atoms with Gasteiger partial charge < -0.3 is 4.98 Å². The Bertz CT molecular complexity index is 647. The molecule has 0 bridgehead atoms. The van der Waals surface area contributed by atoms with Crippen LogP contribution in [-0.2, 0) is 6.42 Å². The summed E-state index contributed by atoms with van der Waals surface area (Å²) in [7, 11) is 0. The van der Waals surface area contributed by atoms with Gasteiger partial charge in [-0.3, -0.25) is 4.79 Å². The number of aryl methyl sites for hydroxylation is 2. The first-order chi connectivity index (χ1) is 8.52. The van der Waals surface area contributed by atoms with Crippen LogP contribution in [0.15, 0.2) is 23.0 Å². The van der Waals surface area contributed by atoms with Gasteiger partial charge in [0.2, 0.25) is 0 Å². The second kappa shape index (κ2) is 4.72. The summed E-state index contributed by atoms with van der Waals surface area (Å²) in [6.07, 6.45) is 0.678. The monoisotopic (exact) mass is 246 g/mol. The Hall–Kier alpha value is -1.97. The van der Waals surface area contributed by atoms with Crippen molar-refractivity contribution in [3.05, 3.63) is 51.2 Å². The van der Waals surface area contributed by atoms with E-state index in [1.807, 2.05) is 13.8 Å². The zero-order valence-electron chi connectivity index (χ0n) is 10.7. The van der Waals surface area contributed by atoms with Gasteiger partial charge in [-0.05, 0) is 38.0 Å². The van der Waals surface area contributed by atoms with E-state index in [0.29, 0.717) is 23.4 Å². The van der Waals surface area contributed by atoms with Crippen molar-refractivity contribution in [3.8, 4) is 11.4 Å². The van der Waals surface area contributed by atoms with Gasteiger partial charge in [0.25, 0.3) is 5.56 Å². The number of halogens is 1. The summed E-state index contributed by atoms with van der Waals surface area (Å²) in [5.41, 5.74) is 2.71. The first-order valence-corrected chi connectivity index (χ1v) is 5.89. The van der Waals surface area contributed by atoms with Crippen LogP contribution in [0.25, 0.3) is 11.4 Å². The minimum atomic E-state index is -0.336. The summed E-state index contributed by atoms with van der Waals surface area (Å²) in [4.78, 5) is 18.9. The summed E-state index contributed by atoms with van der Waals surface area (Å²) in [5.74, 6) is 0.0938. The van der Waals surface area contributed by atoms with Gasteiger partial charge in [0, 0.05) is 11.1 Å². The molecule has 1 heterocycles. The third-order valence-corrected chi connectivity index (χ3v) is 3.04. The first kappa shape index (κ1) is 12.5. The SMILES string of the molecule is CCc1nc(-c2cc(F)ccc2C)[nH]c(=O)c1C. The van der Waals surface area contributed by atoms with E-state index in [1.54, 1.807) is 13.0 Å². The Morgan fingerprint density at radius 1 is 1.33 bits per heavy atom. The van der Waals surface area contributed by atoms with Gasteiger partial charge in [0.1, 0.15) is 11.6 Å². The van der Waals surface area contributed by atoms with E-state index in [-0.39, 0.29) is 11.4 Å². The number of rotatable bonds is 2. The number of hydrogen-bond donors (Lipinski definition) is 1. The topological polar surface area (TPSA) is 45.8 Å². The number of nitrogens with zero attached hydrogens (tertiary/aromatic N) is 1.